The Balaban J connectivity index is 1.74. The number of aryl methyl sites for hydroxylation is 1. The van der Waals surface area contributed by atoms with E-state index in [0.29, 0.717) is 27.9 Å². The van der Waals surface area contributed by atoms with Crippen molar-refractivity contribution in [2.75, 3.05) is 5.32 Å². The van der Waals surface area contributed by atoms with Gasteiger partial charge in [-0.1, -0.05) is 41.9 Å². The summed E-state index contributed by atoms with van der Waals surface area (Å²) in [6.45, 7) is 3.73. The number of hydrogen-bond donors (Lipinski definition) is 1. The average molecular weight is 356 g/mol. The fourth-order valence-corrected chi connectivity index (χ4v) is 2.56. The normalized spacial score (nSPS) is 10.5. The molecule has 0 bridgehead atoms. The Kier molecular flexibility index (Phi) is 5.05. The lowest BCUT2D eigenvalue weighted by atomic mass is 10.3. The number of carbonyl (C=O) groups excluding carboxylic acids is 1. The smallest absolute Gasteiger partial charge is 0.246 e. The van der Waals surface area contributed by atoms with Crippen LogP contribution in [-0.4, -0.2) is 15.7 Å². The number of aromatic nitrogens is 2. The van der Waals surface area contributed by atoms with Crippen molar-refractivity contribution in [1.82, 2.24) is 9.78 Å². The van der Waals surface area contributed by atoms with Gasteiger partial charge in [0.1, 0.15) is 12.3 Å². The first-order valence-electron chi connectivity index (χ1n) is 7.86. The summed E-state index contributed by atoms with van der Waals surface area (Å²) >= 11 is 6.12. The summed E-state index contributed by atoms with van der Waals surface area (Å²) in [7, 11) is 0. The summed E-state index contributed by atoms with van der Waals surface area (Å²) in [5.41, 5.74) is 2.08. The summed E-state index contributed by atoms with van der Waals surface area (Å²) in [6.07, 6.45) is 0. The first-order valence-corrected chi connectivity index (χ1v) is 8.23. The molecule has 1 amide bonds. The van der Waals surface area contributed by atoms with Gasteiger partial charge in [0.15, 0.2) is 5.75 Å². The molecule has 1 aromatic heterocycles. The number of benzene rings is 2. The van der Waals surface area contributed by atoms with Crippen molar-refractivity contribution >= 4 is 23.2 Å². The molecule has 0 aliphatic heterocycles. The van der Waals surface area contributed by atoms with Gasteiger partial charge >= 0.3 is 0 Å². The predicted molar refractivity (Wildman–Crippen MR) is 98.3 cm³/mol. The number of para-hydroxylation sites is 3. The molecule has 6 heteroatoms. The number of halogens is 1. The molecule has 3 rings (SSSR count). The highest BCUT2D eigenvalue weighted by molar-refractivity contribution is 6.31. The second-order valence-electron chi connectivity index (χ2n) is 5.60. The van der Waals surface area contributed by atoms with Gasteiger partial charge in [0.05, 0.1) is 22.1 Å². The maximum absolute atomic E-state index is 12.4. The Hall–Kier alpha value is -2.79. The van der Waals surface area contributed by atoms with Crippen LogP contribution >= 0.6 is 11.6 Å². The van der Waals surface area contributed by atoms with Crippen molar-refractivity contribution in [3.63, 3.8) is 0 Å². The number of rotatable bonds is 5. The number of nitrogens with one attached hydrogen (secondary N) is 1. The fourth-order valence-electron chi connectivity index (χ4n) is 2.43. The number of nitrogens with zero attached hydrogens (tertiary/aromatic N) is 2. The summed E-state index contributed by atoms with van der Waals surface area (Å²) in [5.74, 6) is 1.08. The van der Waals surface area contributed by atoms with Crippen molar-refractivity contribution in [1.29, 1.82) is 0 Å². The van der Waals surface area contributed by atoms with E-state index in [0.717, 1.165) is 5.69 Å². The SMILES string of the molecule is Cc1nn(CC(=O)Nc2ccccc2Oc2ccccc2)c(C)c1Cl. The van der Waals surface area contributed by atoms with Crippen LogP contribution in [0.2, 0.25) is 5.02 Å². The van der Waals surface area contributed by atoms with Gasteiger partial charge in [-0.15, -0.1) is 0 Å². The molecule has 0 aliphatic rings. The molecule has 5 nitrogen and oxygen atoms in total. The van der Waals surface area contributed by atoms with E-state index < -0.39 is 0 Å². The topological polar surface area (TPSA) is 56.2 Å². The van der Waals surface area contributed by atoms with Gasteiger partial charge in [0, 0.05) is 0 Å². The standard InChI is InChI=1S/C19H18ClN3O2/c1-13-19(20)14(2)23(22-13)12-18(24)21-16-10-6-7-11-17(16)25-15-8-4-3-5-9-15/h3-11H,12H2,1-2H3,(H,21,24). The third kappa shape index (κ3) is 4.00. The zero-order valence-corrected chi connectivity index (χ0v) is 14.7. The highest BCUT2D eigenvalue weighted by atomic mass is 35.5. The molecule has 128 valence electrons. The minimum absolute atomic E-state index is 0.0824. The predicted octanol–water partition coefficient (Wildman–Crippen LogP) is 4.58. The quantitative estimate of drug-likeness (QED) is 0.728. The molecule has 0 spiro atoms. The highest BCUT2D eigenvalue weighted by Gasteiger charge is 2.14. The molecule has 0 unspecified atom stereocenters. The molecule has 0 saturated heterocycles. The van der Waals surface area contributed by atoms with Gasteiger partial charge in [0.25, 0.3) is 0 Å². The molecule has 0 fully saturated rings. The van der Waals surface area contributed by atoms with Crippen LogP contribution in [0.4, 0.5) is 5.69 Å². The van der Waals surface area contributed by atoms with Gasteiger partial charge in [-0.3, -0.25) is 9.48 Å². The van der Waals surface area contributed by atoms with E-state index in [9.17, 15) is 4.79 Å². The van der Waals surface area contributed by atoms with Gasteiger partial charge in [-0.2, -0.15) is 5.10 Å². The lowest BCUT2D eigenvalue weighted by molar-refractivity contribution is -0.116. The van der Waals surface area contributed by atoms with Crippen LogP contribution in [0.5, 0.6) is 11.5 Å². The number of amides is 1. The van der Waals surface area contributed by atoms with Crippen LogP contribution < -0.4 is 10.1 Å². The maximum Gasteiger partial charge on any atom is 0.246 e. The van der Waals surface area contributed by atoms with Crippen LogP contribution in [0.15, 0.2) is 54.6 Å². The molecule has 25 heavy (non-hydrogen) atoms. The van der Waals surface area contributed by atoms with E-state index in [1.54, 1.807) is 10.7 Å². The molecule has 0 atom stereocenters. The zero-order chi connectivity index (χ0) is 17.8. The molecule has 1 N–H and O–H groups in total. The number of anilines is 1. The first kappa shape index (κ1) is 17.0. The first-order chi connectivity index (χ1) is 12.0. The highest BCUT2D eigenvalue weighted by Crippen LogP contribution is 2.29. The Morgan fingerprint density at radius 1 is 1.12 bits per heavy atom. The van der Waals surface area contributed by atoms with E-state index in [-0.39, 0.29) is 12.5 Å². The maximum atomic E-state index is 12.4. The van der Waals surface area contributed by atoms with Crippen molar-refractivity contribution in [2.24, 2.45) is 0 Å². The summed E-state index contributed by atoms with van der Waals surface area (Å²) < 4.78 is 7.44. The lowest BCUT2D eigenvalue weighted by Crippen LogP contribution is -2.20. The molecule has 3 aromatic rings. The van der Waals surface area contributed by atoms with Gasteiger partial charge in [-0.25, -0.2) is 0 Å². The third-order valence-corrected chi connectivity index (χ3v) is 4.27. The summed E-state index contributed by atoms with van der Waals surface area (Å²) in [6, 6.07) is 16.7. The molecule has 2 aromatic carbocycles. The molecule has 0 aliphatic carbocycles. The van der Waals surface area contributed by atoms with Crippen molar-refractivity contribution < 1.29 is 9.53 Å². The van der Waals surface area contributed by atoms with Crippen molar-refractivity contribution in [3.05, 3.63) is 71.0 Å². The lowest BCUT2D eigenvalue weighted by Gasteiger charge is -2.12. The van der Waals surface area contributed by atoms with E-state index in [4.69, 9.17) is 16.3 Å². The number of carbonyl (C=O) groups is 1. The second-order valence-corrected chi connectivity index (χ2v) is 5.98. The van der Waals surface area contributed by atoms with Crippen molar-refractivity contribution in [3.8, 4) is 11.5 Å². The molecule has 1 heterocycles. The second kappa shape index (κ2) is 7.40. The van der Waals surface area contributed by atoms with Gasteiger partial charge in [-0.05, 0) is 38.1 Å². The van der Waals surface area contributed by atoms with E-state index in [1.165, 1.54) is 0 Å². The average Bonchev–Trinajstić information content (AvgIpc) is 2.84. The molecular weight excluding hydrogens is 338 g/mol. The number of hydrogen-bond acceptors (Lipinski definition) is 3. The van der Waals surface area contributed by atoms with Gasteiger partial charge < -0.3 is 10.1 Å². The Morgan fingerprint density at radius 3 is 2.48 bits per heavy atom. The molecule has 0 radical (unpaired) electrons. The van der Waals surface area contributed by atoms with Crippen LogP contribution in [-0.2, 0) is 11.3 Å². The van der Waals surface area contributed by atoms with E-state index in [1.807, 2.05) is 62.4 Å². The third-order valence-electron chi connectivity index (χ3n) is 3.72. The van der Waals surface area contributed by atoms with E-state index >= 15 is 0 Å². The summed E-state index contributed by atoms with van der Waals surface area (Å²) in [4.78, 5) is 12.4. The van der Waals surface area contributed by atoms with Crippen molar-refractivity contribution in [2.45, 2.75) is 20.4 Å². The van der Waals surface area contributed by atoms with Crippen LogP contribution in [0.3, 0.4) is 0 Å². The molecule has 0 saturated carbocycles. The minimum Gasteiger partial charge on any atom is -0.455 e. The van der Waals surface area contributed by atoms with Crippen LogP contribution in [0.1, 0.15) is 11.4 Å². The zero-order valence-electron chi connectivity index (χ0n) is 14.0. The Bertz CT molecular complexity index is 891. The Labute approximate surface area is 151 Å². The minimum atomic E-state index is -0.202. The van der Waals surface area contributed by atoms with Crippen LogP contribution in [0.25, 0.3) is 0 Å². The molecular formula is C19H18ClN3O2. The van der Waals surface area contributed by atoms with Gasteiger partial charge in [0.2, 0.25) is 5.91 Å². The number of ether oxygens (including phenoxy) is 1. The van der Waals surface area contributed by atoms with Crippen LogP contribution in [0, 0.1) is 13.8 Å². The summed E-state index contributed by atoms with van der Waals surface area (Å²) in [5, 5.41) is 7.73. The fraction of sp³-hybridized carbons (Fsp3) is 0.158. The van der Waals surface area contributed by atoms with E-state index in [2.05, 4.69) is 10.4 Å². The largest absolute Gasteiger partial charge is 0.455 e. The Morgan fingerprint density at radius 2 is 1.80 bits per heavy atom. The monoisotopic (exact) mass is 355 g/mol.